The quantitative estimate of drug-likeness (QED) is 0.0322. The van der Waals surface area contributed by atoms with Gasteiger partial charge in [-0.05, 0) is 83.5 Å². The molecule has 0 spiro atoms. The first-order valence-electron chi connectivity index (χ1n) is 26.8. The van der Waals surface area contributed by atoms with Crippen LogP contribution in [0.3, 0.4) is 0 Å². The molecule has 2 atom stereocenters. The molecule has 0 saturated carbocycles. The van der Waals surface area contributed by atoms with Crippen molar-refractivity contribution in [1.29, 1.82) is 0 Å². The van der Waals surface area contributed by atoms with Gasteiger partial charge in [0, 0.05) is 12.8 Å². The van der Waals surface area contributed by atoms with Gasteiger partial charge in [-0.25, -0.2) is 0 Å². The van der Waals surface area contributed by atoms with Gasteiger partial charge in [0.25, 0.3) is 0 Å². The van der Waals surface area contributed by atoms with Crippen molar-refractivity contribution in [3.8, 4) is 0 Å². The molecule has 6 nitrogen and oxygen atoms in total. The number of aliphatic hydroxyl groups is 2. The second-order valence-corrected chi connectivity index (χ2v) is 18.2. The van der Waals surface area contributed by atoms with E-state index in [1.54, 1.807) is 6.08 Å². The van der Waals surface area contributed by atoms with Gasteiger partial charge in [0.15, 0.2) is 0 Å². The largest absolute Gasteiger partial charge is 0.466 e. The van der Waals surface area contributed by atoms with Crippen molar-refractivity contribution in [2.75, 3.05) is 13.2 Å². The molecule has 0 heterocycles. The van der Waals surface area contributed by atoms with Crippen LogP contribution in [0.2, 0.25) is 0 Å². The van der Waals surface area contributed by atoms with Gasteiger partial charge in [0.1, 0.15) is 0 Å². The van der Waals surface area contributed by atoms with Crippen molar-refractivity contribution < 1.29 is 24.5 Å². The normalized spacial score (nSPS) is 12.9. The molecule has 0 aliphatic carbocycles. The van der Waals surface area contributed by atoms with Crippen LogP contribution in [0.15, 0.2) is 36.5 Å². The summed E-state index contributed by atoms with van der Waals surface area (Å²) >= 11 is 0. The maximum Gasteiger partial charge on any atom is 0.305 e. The van der Waals surface area contributed by atoms with Gasteiger partial charge in [0.2, 0.25) is 5.91 Å². The Bertz CT molecular complexity index is 993. The average molecular weight is 858 g/mol. The molecule has 61 heavy (non-hydrogen) atoms. The molecule has 0 rings (SSSR count). The highest BCUT2D eigenvalue weighted by molar-refractivity contribution is 5.76. The van der Waals surface area contributed by atoms with Gasteiger partial charge in [-0.15, -0.1) is 0 Å². The first-order chi connectivity index (χ1) is 30.0. The van der Waals surface area contributed by atoms with Crippen LogP contribution in [-0.4, -0.2) is 47.4 Å². The van der Waals surface area contributed by atoms with E-state index >= 15 is 0 Å². The van der Waals surface area contributed by atoms with Gasteiger partial charge < -0.3 is 20.3 Å². The number of allylic oxidation sites excluding steroid dienone is 5. The van der Waals surface area contributed by atoms with E-state index in [1.807, 2.05) is 6.08 Å². The van der Waals surface area contributed by atoms with Crippen LogP contribution in [-0.2, 0) is 14.3 Å². The zero-order chi connectivity index (χ0) is 44.4. The highest BCUT2D eigenvalue weighted by Gasteiger charge is 2.18. The number of hydrogen-bond acceptors (Lipinski definition) is 5. The maximum atomic E-state index is 12.4. The van der Waals surface area contributed by atoms with Crippen molar-refractivity contribution in [3.05, 3.63) is 36.5 Å². The first-order valence-corrected chi connectivity index (χ1v) is 26.8. The second-order valence-electron chi connectivity index (χ2n) is 18.2. The van der Waals surface area contributed by atoms with E-state index in [0.717, 1.165) is 70.6 Å². The minimum absolute atomic E-state index is 0.0151. The van der Waals surface area contributed by atoms with E-state index in [2.05, 4.69) is 43.5 Å². The van der Waals surface area contributed by atoms with E-state index in [9.17, 15) is 19.8 Å². The maximum absolute atomic E-state index is 12.4. The molecular weight excluding hydrogens is 755 g/mol. The number of nitrogens with one attached hydrogen (secondary N) is 1. The lowest BCUT2D eigenvalue weighted by atomic mass is 10.1. The predicted molar refractivity (Wildman–Crippen MR) is 264 cm³/mol. The number of ether oxygens (including phenoxy) is 1. The number of carbonyl (C=O) groups excluding carboxylic acids is 2. The molecule has 0 aromatic carbocycles. The fraction of sp³-hybridized carbons (Fsp3) is 0.855. The molecule has 1 amide bonds. The zero-order valence-electron chi connectivity index (χ0n) is 40.6. The Balaban J connectivity index is 3.49. The highest BCUT2D eigenvalue weighted by atomic mass is 16.5. The predicted octanol–water partition coefficient (Wildman–Crippen LogP) is 16.1. The summed E-state index contributed by atoms with van der Waals surface area (Å²) in [4.78, 5) is 24.5. The number of unbranched alkanes of at least 4 members (excludes halogenated alkanes) is 34. The summed E-state index contributed by atoms with van der Waals surface area (Å²) in [7, 11) is 0. The molecule has 0 aliphatic heterocycles. The molecule has 0 aromatic heterocycles. The number of amides is 1. The Morgan fingerprint density at radius 2 is 0.770 bits per heavy atom. The lowest BCUT2D eigenvalue weighted by molar-refractivity contribution is -0.143. The van der Waals surface area contributed by atoms with E-state index in [4.69, 9.17) is 4.74 Å². The Morgan fingerprint density at radius 3 is 1.18 bits per heavy atom. The van der Waals surface area contributed by atoms with Crippen LogP contribution in [0, 0.1) is 0 Å². The molecule has 0 saturated heterocycles. The molecule has 0 radical (unpaired) electrons. The average Bonchev–Trinajstić information content (AvgIpc) is 3.26. The summed E-state index contributed by atoms with van der Waals surface area (Å²) in [6, 6.07) is -0.647. The summed E-state index contributed by atoms with van der Waals surface area (Å²) in [6.07, 6.45) is 61.5. The number of esters is 1. The lowest BCUT2D eigenvalue weighted by Gasteiger charge is -2.19. The topological polar surface area (TPSA) is 95.9 Å². The van der Waals surface area contributed by atoms with Crippen molar-refractivity contribution in [2.24, 2.45) is 0 Å². The van der Waals surface area contributed by atoms with Crippen LogP contribution in [0.1, 0.15) is 277 Å². The number of rotatable bonds is 49. The van der Waals surface area contributed by atoms with Crippen molar-refractivity contribution in [1.82, 2.24) is 5.32 Å². The lowest BCUT2D eigenvalue weighted by Crippen LogP contribution is -2.45. The third-order valence-electron chi connectivity index (χ3n) is 12.1. The summed E-state index contributed by atoms with van der Waals surface area (Å²) < 4.78 is 5.47. The molecule has 0 aliphatic rings. The van der Waals surface area contributed by atoms with Gasteiger partial charge >= 0.3 is 5.97 Å². The molecule has 0 bridgehead atoms. The van der Waals surface area contributed by atoms with Crippen molar-refractivity contribution in [2.45, 2.75) is 289 Å². The first kappa shape index (κ1) is 59.1. The van der Waals surface area contributed by atoms with E-state index in [0.29, 0.717) is 19.4 Å². The summed E-state index contributed by atoms with van der Waals surface area (Å²) in [5.41, 5.74) is 0. The SMILES string of the molecule is CCCCCCCC/C=C\CCCCCCCCCCCC(=O)OCCCCCCCC/C=C\CCCCCC(=O)NC(CO)C(O)/C=C/CCCCCCCCCCCC. The number of aliphatic hydroxyl groups excluding tert-OH is 2. The minimum atomic E-state index is -0.861. The van der Waals surface area contributed by atoms with Gasteiger partial charge in [0.05, 0.1) is 25.4 Å². The number of carbonyl (C=O) groups is 2. The molecule has 0 fully saturated rings. The van der Waals surface area contributed by atoms with Gasteiger partial charge in [-0.2, -0.15) is 0 Å². The molecule has 0 aromatic rings. The third kappa shape index (κ3) is 47.4. The van der Waals surface area contributed by atoms with E-state index < -0.39 is 12.1 Å². The van der Waals surface area contributed by atoms with Crippen LogP contribution < -0.4 is 5.32 Å². The Kier molecular flexibility index (Phi) is 49.1. The van der Waals surface area contributed by atoms with Gasteiger partial charge in [-0.1, -0.05) is 217 Å². The Morgan fingerprint density at radius 1 is 0.443 bits per heavy atom. The van der Waals surface area contributed by atoms with Gasteiger partial charge in [-0.3, -0.25) is 9.59 Å². The molecular formula is C55H103NO5. The molecule has 2 unspecified atom stereocenters. The van der Waals surface area contributed by atoms with Crippen LogP contribution in [0.5, 0.6) is 0 Å². The molecule has 358 valence electrons. The van der Waals surface area contributed by atoms with Crippen LogP contribution in [0.4, 0.5) is 0 Å². The smallest absolute Gasteiger partial charge is 0.305 e. The number of hydrogen-bond donors (Lipinski definition) is 3. The fourth-order valence-corrected chi connectivity index (χ4v) is 7.97. The van der Waals surface area contributed by atoms with E-state index in [1.165, 1.54) is 180 Å². The summed E-state index contributed by atoms with van der Waals surface area (Å²) in [5, 5.41) is 23.0. The second kappa shape index (κ2) is 50.7. The monoisotopic (exact) mass is 858 g/mol. The van der Waals surface area contributed by atoms with E-state index in [-0.39, 0.29) is 18.5 Å². The van der Waals surface area contributed by atoms with Crippen molar-refractivity contribution in [3.63, 3.8) is 0 Å². The summed E-state index contributed by atoms with van der Waals surface area (Å²) in [5.74, 6) is -0.114. The Hall–Kier alpha value is -1.92. The third-order valence-corrected chi connectivity index (χ3v) is 12.1. The zero-order valence-corrected chi connectivity index (χ0v) is 40.6. The van der Waals surface area contributed by atoms with Crippen LogP contribution in [0.25, 0.3) is 0 Å². The van der Waals surface area contributed by atoms with Crippen LogP contribution >= 0.6 is 0 Å². The van der Waals surface area contributed by atoms with Crippen molar-refractivity contribution >= 4 is 11.9 Å². The highest BCUT2D eigenvalue weighted by Crippen LogP contribution is 2.15. The molecule has 3 N–H and O–H groups in total. The Labute approximate surface area is 379 Å². The minimum Gasteiger partial charge on any atom is -0.466 e. The fourth-order valence-electron chi connectivity index (χ4n) is 7.97. The standard InChI is InChI=1S/C55H103NO5/c1-3-5-7-9-11-13-15-17-18-19-20-21-22-25-29-33-37-41-45-49-55(60)61-50-46-42-38-34-30-26-23-24-28-32-36-40-44-48-54(59)56-52(51-57)53(58)47-43-39-35-31-27-16-14-12-10-8-6-4-2/h17-18,24,28,43,47,52-53,57-58H,3-16,19-23,25-27,29-42,44-46,48-51H2,1-2H3,(H,56,59)/b18-17-,28-24-,47-43+. The molecule has 6 heteroatoms. The summed E-state index contributed by atoms with van der Waals surface area (Å²) in [6.45, 7) is 4.84.